The molecular formula is C20H32N4O2. The molecule has 1 amide bonds. The summed E-state index contributed by atoms with van der Waals surface area (Å²) >= 11 is 0. The lowest BCUT2D eigenvalue weighted by Crippen LogP contribution is -2.50. The number of hydrogen-bond acceptors (Lipinski definition) is 3. The summed E-state index contributed by atoms with van der Waals surface area (Å²) in [6.45, 7) is 9.53. The van der Waals surface area contributed by atoms with E-state index in [1.54, 1.807) is 4.90 Å². The van der Waals surface area contributed by atoms with Gasteiger partial charge in [-0.15, -0.1) is 0 Å². The predicted octanol–water partition coefficient (Wildman–Crippen LogP) is 2.97. The second-order valence-corrected chi connectivity index (χ2v) is 6.64. The van der Waals surface area contributed by atoms with Crippen LogP contribution in [0.3, 0.4) is 0 Å². The maximum atomic E-state index is 11.8. The molecule has 26 heavy (non-hydrogen) atoms. The van der Waals surface area contributed by atoms with Crippen LogP contribution in [0.2, 0.25) is 0 Å². The Balaban J connectivity index is 1.85. The van der Waals surface area contributed by atoms with Crippen molar-refractivity contribution in [1.82, 2.24) is 15.5 Å². The van der Waals surface area contributed by atoms with Crippen molar-refractivity contribution in [2.75, 3.05) is 32.8 Å². The molecular weight excluding hydrogens is 328 g/mol. The third-order valence-electron chi connectivity index (χ3n) is 4.60. The summed E-state index contributed by atoms with van der Waals surface area (Å²) in [5.41, 5.74) is 1.30. The number of ether oxygens (including phenoxy) is 1. The number of carbonyl (C=O) groups is 1. The van der Waals surface area contributed by atoms with Gasteiger partial charge in [0.2, 0.25) is 0 Å². The lowest BCUT2D eigenvalue weighted by molar-refractivity contribution is 0.0963. The highest BCUT2D eigenvalue weighted by atomic mass is 16.6. The Labute approximate surface area is 157 Å². The summed E-state index contributed by atoms with van der Waals surface area (Å²) in [6, 6.07) is 10.8. The summed E-state index contributed by atoms with van der Waals surface area (Å²) in [7, 11) is 0. The minimum absolute atomic E-state index is 0.205. The van der Waals surface area contributed by atoms with E-state index in [2.05, 4.69) is 48.7 Å². The van der Waals surface area contributed by atoms with Gasteiger partial charge in [-0.25, -0.2) is 4.79 Å². The molecule has 1 saturated heterocycles. The van der Waals surface area contributed by atoms with Gasteiger partial charge >= 0.3 is 6.09 Å². The molecule has 1 atom stereocenters. The molecule has 0 spiro atoms. The van der Waals surface area contributed by atoms with Crippen LogP contribution < -0.4 is 10.6 Å². The summed E-state index contributed by atoms with van der Waals surface area (Å²) in [6.07, 6.45) is 1.60. The lowest BCUT2D eigenvalue weighted by atomic mass is 10.0. The standard InChI is InChI=1S/C20H32N4O2/c1-4-21-19(22-15-16(3)17-9-7-6-8-10-17)23-18-11-13-24(14-12-18)20(25)26-5-2/h6-10,16,18H,4-5,11-15H2,1-3H3,(H2,21,22,23). The van der Waals surface area contributed by atoms with Gasteiger partial charge < -0.3 is 20.3 Å². The third-order valence-corrected chi connectivity index (χ3v) is 4.60. The Morgan fingerprint density at radius 2 is 1.96 bits per heavy atom. The van der Waals surface area contributed by atoms with Crippen molar-refractivity contribution in [3.63, 3.8) is 0 Å². The van der Waals surface area contributed by atoms with Crippen LogP contribution in [-0.2, 0) is 4.74 Å². The molecule has 0 aliphatic carbocycles. The molecule has 2 rings (SSSR count). The highest BCUT2D eigenvalue weighted by molar-refractivity contribution is 5.80. The molecule has 1 aromatic carbocycles. The zero-order valence-corrected chi connectivity index (χ0v) is 16.2. The fourth-order valence-corrected chi connectivity index (χ4v) is 3.05. The fraction of sp³-hybridized carbons (Fsp3) is 0.600. The van der Waals surface area contributed by atoms with Gasteiger partial charge in [0, 0.05) is 38.1 Å². The van der Waals surface area contributed by atoms with Crippen molar-refractivity contribution >= 4 is 12.1 Å². The van der Waals surface area contributed by atoms with Crippen molar-refractivity contribution in [2.45, 2.75) is 45.6 Å². The van der Waals surface area contributed by atoms with E-state index in [0.29, 0.717) is 18.6 Å². The number of likely N-dealkylation sites (tertiary alicyclic amines) is 1. The average molecular weight is 361 g/mol. The van der Waals surface area contributed by atoms with E-state index in [9.17, 15) is 4.79 Å². The lowest BCUT2D eigenvalue weighted by Gasteiger charge is -2.32. The van der Waals surface area contributed by atoms with Crippen LogP contribution in [0, 0.1) is 0 Å². The summed E-state index contributed by atoms with van der Waals surface area (Å²) in [5, 5.41) is 6.84. The number of piperidine rings is 1. The van der Waals surface area contributed by atoms with Crippen LogP contribution >= 0.6 is 0 Å². The molecule has 6 nitrogen and oxygen atoms in total. The van der Waals surface area contributed by atoms with Crippen molar-refractivity contribution in [1.29, 1.82) is 0 Å². The van der Waals surface area contributed by atoms with Crippen molar-refractivity contribution < 1.29 is 9.53 Å². The van der Waals surface area contributed by atoms with Gasteiger partial charge in [-0.2, -0.15) is 0 Å². The van der Waals surface area contributed by atoms with Crippen LogP contribution in [0.4, 0.5) is 4.79 Å². The monoisotopic (exact) mass is 360 g/mol. The van der Waals surface area contributed by atoms with Crippen LogP contribution in [0.5, 0.6) is 0 Å². The Morgan fingerprint density at radius 1 is 1.27 bits per heavy atom. The molecule has 0 aromatic heterocycles. The number of aliphatic imine (C=N–C) groups is 1. The Kier molecular flexibility index (Phi) is 8.25. The van der Waals surface area contributed by atoms with Crippen molar-refractivity contribution in [2.24, 2.45) is 4.99 Å². The second-order valence-electron chi connectivity index (χ2n) is 6.64. The van der Waals surface area contributed by atoms with E-state index in [1.807, 2.05) is 13.0 Å². The minimum Gasteiger partial charge on any atom is -0.450 e. The molecule has 1 unspecified atom stereocenters. The molecule has 1 aliphatic heterocycles. The molecule has 1 fully saturated rings. The van der Waals surface area contributed by atoms with Crippen LogP contribution in [0.25, 0.3) is 0 Å². The molecule has 0 radical (unpaired) electrons. The zero-order valence-electron chi connectivity index (χ0n) is 16.2. The molecule has 0 bridgehead atoms. The molecule has 0 saturated carbocycles. The van der Waals surface area contributed by atoms with E-state index in [-0.39, 0.29) is 6.09 Å². The Hall–Kier alpha value is -2.24. The van der Waals surface area contributed by atoms with E-state index in [4.69, 9.17) is 9.73 Å². The molecule has 1 aromatic rings. The minimum atomic E-state index is -0.205. The number of benzene rings is 1. The number of rotatable bonds is 6. The van der Waals surface area contributed by atoms with Crippen molar-refractivity contribution in [3.8, 4) is 0 Å². The molecule has 6 heteroatoms. The number of guanidine groups is 1. The van der Waals surface area contributed by atoms with Gasteiger partial charge in [-0.05, 0) is 32.3 Å². The summed E-state index contributed by atoms with van der Waals surface area (Å²) in [4.78, 5) is 18.3. The number of amides is 1. The molecule has 2 N–H and O–H groups in total. The second kappa shape index (κ2) is 10.7. The normalized spacial score (nSPS) is 16.9. The first-order valence-electron chi connectivity index (χ1n) is 9.65. The summed E-state index contributed by atoms with van der Waals surface area (Å²) < 4.78 is 5.07. The van der Waals surface area contributed by atoms with Gasteiger partial charge in [0.25, 0.3) is 0 Å². The maximum Gasteiger partial charge on any atom is 0.409 e. The predicted molar refractivity (Wildman–Crippen MR) is 106 cm³/mol. The first kappa shape index (κ1) is 20.1. The fourth-order valence-electron chi connectivity index (χ4n) is 3.05. The van der Waals surface area contributed by atoms with E-state index in [1.165, 1.54) is 5.56 Å². The molecule has 1 heterocycles. The van der Waals surface area contributed by atoms with Gasteiger partial charge in [0.05, 0.1) is 6.61 Å². The number of carbonyl (C=O) groups excluding carboxylic acids is 1. The molecule has 1 aliphatic rings. The average Bonchev–Trinajstić information content (AvgIpc) is 2.67. The van der Waals surface area contributed by atoms with E-state index in [0.717, 1.165) is 45.0 Å². The van der Waals surface area contributed by atoms with Crippen LogP contribution in [0.1, 0.15) is 45.1 Å². The largest absolute Gasteiger partial charge is 0.450 e. The maximum absolute atomic E-state index is 11.8. The summed E-state index contributed by atoms with van der Waals surface area (Å²) in [5.74, 6) is 1.22. The number of hydrogen-bond donors (Lipinski definition) is 2. The SMILES string of the molecule is CCNC(=NCC(C)c1ccccc1)NC1CCN(C(=O)OCC)CC1. The van der Waals surface area contributed by atoms with E-state index < -0.39 is 0 Å². The van der Waals surface area contributed by atoms with Gasteiger partial charge in [-0.3, -0.25) is 4.99 Å². The first-order valence-corrected chi connectivity index (χ1v) is 9.65. The smallest absolute Gasteiger partial charge is 0.409 e. The topological polar surface area (TPSA) is 66.0 Å². The highest BCUT2D eigenvalue weighted by Crippen LogP contribution is 2.15. The van der Waals surface area contributed by atoms with Crippen LogP contribution in [0.15, 0.2) is 35.3 Å². The number of nitrogens with one attached hydrogen (secondary N) is 2. The molecule has 144 valence electrons. The van der Waals surface area contributed by atoms with Gasteiger partial charge in [0.1, 0.15) is 0 Å². The van der Waals surface area contributed by atoms with E-state index >= 15 is 0 Å². The van der Waals surface area contributed by atoms with Gasteiger partial charge in [-0.1, -0.05) is 37.3 Å². The third kappa shape index (κ3) is 6.24. The highest BCUT2D eigenvalue weighted by Gasteiger charge is 2.24. The van der Waals surface area contributed by atoms with Crippen molar-refractivity contribution in [3.05, 3.63) is 35.9 Å². The number of nitrogens with zero attached hydrogens (tertiary/aromatic N) is 2. The Morgan fingerprint density at radius 3 is 2.58 bits per heavy atom. The Bertz CT molecular complexity index is 568. The van der Waals surface area contributed by atoms with Gasteiger partial charge in [0.15, 0.2) is 5.96 Å². The quantitative estimate of drug-likeness (QED) is 0.605. The zero-order chi connectivity index (χ0) is 18.8. The first-order chi connectivity index (χ1) is 12.6. The van der Waals surface area contributed by atoms with Crippen LogP contribution in [-0.4, -0.2) is 55.8 Å².